The number of rotatable bonds is 3. The third kappa shape index (κ3) is 4.91. The maximum Gasteiger partial charge on any atom is 0.317 e. The SMILES string of the molecule is Cc1cc(Cl)ccc1NC(=O)C1CCN(C(=O)NC2CCCCC2)CC1. The molecule has 1 aromatic rings. The molecule has 1 aliphatic carbocycles. The molecule has 0 atom stereocenters. The average Bonchev–Trinajstić information content (AvgIpc) is 2.65. The van der Waals surface area contributed by atoms with Gasteiger partial charge in [-0.1, -0.05) is 30.9 Å². The summed E-state index contributed by atoms with van der Waals surface area (Å²) < 4.78 is 0. The van der Waals surface area contributed by atoms with Crippen molar-refractivity contribution in [1.29, 1.82) is 0 Å². The number of aryl methyl sites for hydroxylation is 1. The van der Waals surface area contributed by atoms with Gasteiger partial charge >= 0.3 is 6.03 Å². The lowest BCUT2D eigenvalue weighted by atomic mass is 9.95. The number of hydrogen-bond acceptors (Lipinski definition) is 2. The van der Waals surface area contributed by atoms with Gasteiger partial charge in [0.05, 0.1) is 0 Å². The van der Waals surface area contributed by atoms with Gasteiger partial charge < -0.3 is 15.5 Å². The Morgan fingerprint density at radius 3 is 2.42 bits per heavy atom. The topological polar surface area (TPSA) is 61.4 Å². The summed E-state index contributed by atoms with van der Waals surface area (Å²) in [5.74, 6) is -0.0217. The molecule has 0 spiro atoms. The Hall–Kier alpha value is -1.75. The molecule has 2 fully saturated rings. The zero-order valence-electron chi connectivity index (χ0n) is 15.4. The number of nitrogens with zero attached hydrogens (tertiary/aromatic N) is 1. The van der Waals surface area contributed by atoms with E-state index in [0.717, 1.165) is 24.1 Å². The van der Waals surface area contributed by atoms with Crippen molar-refractivity contribution in [1.82, 2.24) is 10.2 Å². The first-order valence-corrected chi connectivity index (χ1v) is 10.0. The molecule has 3 rings (SSSR count). The van der Waals surface area contributed by atoms with Crippen LogP contribution in [0.15, 0.2) is 18.2 Å². The van der Waals surface area contributed by atoms with Crippen molar-refractivity contribution in [2.45, 2.75) is 57.9 Å². The average molecular weight is 378 g/mol. The monoisotopic (exact) mass is 377 g/mol. The molecule has 2 aliphatic rings. The smallest absolute Gasteiger partial charge is 0.317 e. The summed E-state index contributed by atoms with van der Waals surface area (Å²) in [5.41, 5.74) is 1.76. The first kappa shape index (κ1) is 19.0. The van der Waals surface area contributed by atoms with Crippen molar-refractivity contribution in [2.24, 2.45) is 5.92 Å². The predicted octanol–water partition coefficient (Wildman–Crippen LogP) is 4.34. The van der Waals surface area contributed by atoms with Crippen LogP contribution in [0.2, 0.25) is 5.02 Å². The highest BCUT2D eigenvalue weighted by molar-refractivity contribution is 6.30. The second-order valence-corrected chi connectivity index (χ2v) is 7.93. The van der Waals surface area contributed by atoms with E-state index in [0.29, 0.717) is 37.0 Å². The number of amides is 3. The number of halogens is 1. The summed E-state index contributed by atoms with van der Waals surface area (Å²) >= 11 is 5.96. The highest BCUT2D eigenvalue weighted by Crippen LogP contribution is 2.24. The minimum Gasteiger partial charge on any atom is -0.335 e. The van der Waals surface area contributed by atoms with Gasteiger partial charge in [0.2, 0.25) is 5.91 Å². The summed E-state index contributed by atoms with van der Waals surface area (Å²) in [5, 5.41) is 6.82. The van der Waals surface area contributed by atoms with Crippen LogP contribution in [-0.2, 0) is 4.79 Å². The Morgan fingerprint density at radius 1 is 1.08 bits per heavy atom. The van der Waals surface area contributed by atoms with E-state index in [4.69, 9.17) is 11.6 Å². The zero-order valence-corrected chi connectivity index (χ0v) is 16.1. The molecular weight excluding hydrogens is 350 g/mol. The number of urea groups is 1. The van der Waals surface area contributed by atoms with Crippen LogP contribution in [0.4, 0.5) is 10.5 Å². The highest BCUT2D eigenvalue weighted by Gasteiger charge is 2.28. The molecule has 2 N–H and O–H groups in total. The molecule has 142 valence electrons. The first-order valence-electron chi connectivity index (χ1n) is 9.65. The second kappa shape index (κ2) is 8.76. The fourth-order valence-corrected chi connectivity index (χ4v) is 4.09. The Bertz CT molecular complexity index is 650. The van der Waals surface area contributed by atoms with Crippen LogP contribution in [0.3, 0.4) is 0 Å². The van der Waals surface area contributed by atoms with Crippen LogP contribution in [0.1, 0.15) is 50.5 Å². The summed E-state index contributed by atoms with van der Waals surface area (Å²) in [6.45, 7) is 3.20. The van der Waals surface area contributed by atoms with Gasteiger partial charge in [-0.05, 0) is 56.4 Å². The van der Waals surface area contributed by atoms with E-state index in [2.05, 4.69) is 10.6 Å². The number of anilines is 1. The molecule has 5 nitrogen and oxygen atoms in total. The van der Waals surface area contributed by atoms with Crippen molar-refractivity contribution in [3.63, 3.8) is 0 Å². The van der Waals surface area contributed by atoms with Crippen LogP contribution in [0, 0.1) is 12.8 Å². The van der Waals surface area contributed by atoms with Gasteiger partial charge in [0.15, 0.2) is 0 Å². The number of likely N-dealkylation sites (tertiary alicyclic amines) is 1. The molecule has 6 heteroatoms. The van der Waals surface area contributed by atoms with Gasteiger partial charge in [0, 0.05) is 35.8 Å². The minimum atomic E-state index is -0.0520. The Kier molecular flexibility index (Phi) is 6.41. The molecule has 1 saturated carbocycles. The van der Waals surface area contributed by atoms with Gasteiger partial charge in [-0.25, -0.2) is 4.79 Å². The number of carbonyl (C=O) groups is 2. The lowest BCUT2D eigenvalue weighted by Gasteiger charge is -2.33. The summed E-state index contributed by atoms with van der Waals surface area (Å²) in [6.07, 6.45) is 7.28. The van der Waals surface area contributed by atoms with Gasteiger partial charge in [-0.2, -0.15) is 0 Å². The number of carbonyl (C=O) groups excluding carboxylic acids is 2. The highest BCUT2D eigenvalue weighted by atomic mass is 35.5. The molecule has 0 aromatic heterocycles. The van der Waals surface area contributed by atoms with Gasteiger partial charge in [-0.15, -0.1) is 0 Å². The number of piperidine rings is 1. The molecule has 1 saturated heterocycles. The quantitative estimate of drug-likeness (QED) is 0.822. The van der Waals surface area contributed by atoms with E-state index in [-0.39, 0.29) is 17.9 Å². The van der Waals surface area contributed by atoms with Crippen molar-refractivity contribution in [3.05, 3.63) is 28.8 Å². The lowest BCUT2D eigenvalue weighted by Crippen LogP contribution is -2.49. The molecule has 26 heavy (non-hydrogen) atoms. The molecule has 0 radical (unpaired) electrons. The fraction of sp³-hybridized carbons (Fsp3) is 0.600. The maximum absolute atomic E-state index is 12.5. The molecule has 0 bridgehead atoms. The van der Waals surface area contributed by atoms with Crippen molar-refractivity contribution in [2.75, 3.05) is 18.4 Å². The molecule has 1 aliphatic heterocycles. The predicted molar refractivity (Wildman–Crippen MR) is 105 cm³/mol. The Labute approximate surface area is 160 Å². The van der Waals surface area contributed by atoms with E-state index in [9.17, 15) is 9.59 Å². The van der Waals surface area contributed by atoms with E-state index in [1.807, 2.05) is 24.0 Å². The molecular formula is C20H28ClN3O2. The first-order chi connectivity index (χ1) is 12.5. The fourth-order valence-electron chi connectivity index (χ4n) is 3.86. The van der Waals surface area contributed by atoms with E-state index >= 15 is 0 Å². The Balaban J connectivity index is 1.46. The van der Waals surface area contributed by atoms with Crippen LogP contribution < -0.4 is 10.6 Å². The zero-order chi connectivity index (χ0) is 18.5. The summed E-state index contributed by atoms with van der Waals surface area (Å²) in [6, 6.07) is 5.81. The molecule has 1 heterocycles. The number of benzene rings is 1. The van der Waals surface area contributed by atoms with Crippen LogP contribution in [0.5, 0.6) is 0 Å². The van der Waals surface area contributed by atoms with Crippen LogP contribution in [0.25, 0.3) is 0 Å². The van der Waals surface area contributed by atoms with E-state index < -0.39 is 0 Å². The second-order valence-electron chi connectivity index (χ2n) is 7.49. The number of hydrogen-bond donors (Lipinski definition) is 2. The third-order valence-electron chi connectivity index (χ3n) is 5.53. The normalized spacial score (nSPS) is 19.2. The van der Waals surface area contributed by atoms with Crippen LogP contribution in [-0.4, -0.2) is 36.0 Å². The maximum atomic E-state index is 12.5. The largest absolute Gasteiger partial charge is 0.335 e. The van der Waals surface area contributed by atoms with Crippen molar-refractivity contribution in [3.8, 4) is 0 Å². The van der Waals surface area contributed by atoms with E-state index in [1.54, 1.807) is 6.07 Å². The van der Waals surface area contributed by atoms with Gasteiger partial charge in [0.1, 0.15) is 0 Å². The third-order valence-corrected chi connectivity index (χ3v) is 5.77. The van der Waals surface area contributed by atoms with Crippen molar-refractivity contribution >= 4 is 29.2 Å². The Morgan fingerprint density at radius 2 is 1.77 bits per heavy atom. The lowest BCUT2D eigenvalue weighted by molar-refractivity contribution is -0.121. The number of nitrogens with one attached hydrogen (secondary N) is 2. The van der Waals surface area contributed by atoms with Gasteiger partial charge in [-0.3, -0.25) is 4.79 Å². The molecule has 3 amide bonds. The summed E-state index contributed by atoms with van der Waals surface area (Å²) in [4.78, 5) is 26.8. The van der Waals surface area contributed by atoms with Crippen LogP contribution >= 0.6 is 11.6 Å². The van der Waals surface area contributed by atoms with Gasteiger partial charge in [0.25, 0.3) is 0 Å². The molecule has 1 aromatic carbocycles. The summed E-state index contributed by atoms with van der Waals surface area (Å²) in [7, 11) is 0. The minimum absolute atomic E-state index is 0.0303. The molecule has 0 unspecified atom stereocenters. The van der Waals surface area contributed by atoms with E-state index in [1.165, 1.54) is 19.3 Å². The van der Waals surface area contributed by atoms with Crippen molar-refractivity contribution < 1.29 is 9.59 Å². The standard InChI is InChI=1S/C20H28ClN3O2/c1-14-13-16(21)7-8-18(14)23-19(25)15-9-11-24(12-10-15)20(26)22-17-5-3-2-4-6-17/h7-8,13,15,17H,2-6,9-12H2,1H3,(H,22,26)(H,23,25).